The van der Waals surface area contributed by atoms with Crippen LogP contribution >= 0.6 is 0 Å². The lowest BCUT2D eigenvalue weighted by molar-refractivity contribution is 0.0480. The Morgan fingerprint density at radius 1 is 0.944 bits per heavy atom. The van der Waals surface area contributed by atoms with Crippen LogP contribution in [0.2, 0.25) is 0 Å². The Morgan fingerprint density at radius 3 is 2.14 bits per heavy atom. The molecule has 0 radical (unpaired) electrons. The highest BCUT2D eigenvalue weighted by molar-refractivity contribution is 5.37. The van der Waals surface area contributed by atoms with Gasteiger partial charge in [-0.3, -0.25) is 0 Å². The van der Waals surface area contributed by atoms with Crippen molar-refractivity contribution in [3.8, 4) is 0 Å². The fraction of sp³-hybridized carbons (Fsp3) is 0.818. The molecule has 3 fully saturated rings. The number of allylic oxidation sites excluding steroid dienone is 3. The smallest absolute Gasteiger partial charge is 0.0787 e. The van der Waals surface area contributed by atoms with Gasteiger partial charge in [-0.25, -0.2) is 0 Å². The minimum Gasteiger partial charge on any atom is -0.390 e. The molecule has 0 spiro atoms. The van der Waals surface area contributed by atoms with E-state index in [0.29, 0.717) is 17.3 Å². The Balaban J connectivity index is 0.00000456. The van der Waals surface area contributed by atoms with Crippen molar-refractivity contribution in [3.05, 3.63) is 35.5 Å². The predicted octanol–water partition coefficient (Wildman–Crippen LogP) is 8.29. The molecule has 2 unspecified atom stereocenters. The third kappa shape index (κ3) is 8.30. The molecule has 0 aromatic heterocycles. The van der Waals surface area contributed by atoms with E-state index in [2.05, 4.69) is 25.7 Å². The zero-order valence-corrected chi connectivity index (χ0v) is 23.4. The normalized spacial score (nSPS) is 31.7. The van der Waals surface area contributed by atoms with E-state index >= 15 is 0 Å². The van der Waals surface area contributed by atoms with Crippen LogP contribution in [0.3, 0.4) is 0 Å². The van der Waals surface area contributed by atoms with E-state index in [1.807, 2.05) is 27.7 Å². The Bertz CT molecular complexity index is 758. The van der Waals surface area contributed by atoms with Gasteiger partial charge >= 0.3 is 0 Å². The average Bonchev–Trinajstić information content (AvgIpc) is 3.09. The molecule has 4 atom stereocenters. The second kappa shape index (κ2) is 12.8. The molecule has 0 bridgehead atoms. The second-order valence-corrected chi connectivity index (χ2v) is 13.6. The summed E-state index contributed by atoms with van der Waals surface area (Å²) in [4.78, 5) is 0. The lowest BCUT2D eigenvalue weighted by Crippen LogP contribution is -2.37. The maximum absolute atomic E-state index is 10.3. The van der Waals surface area contributed by atoms with E-state index in [4.69, 9.17) is 0 Å². The Morgan fingerprint density at radius 2 is 1.56 bits per heavy atom. The minimum atomic E-state index is -0.593. The monoisotopic (exact) mass is 502 g/mol. The van der Waals surface area contributed by atoms with Crippen LogP contribution in [0.15, 0.2) is 35.5 Å². The maximum Gasteiger partial charge on any atom is 0.0787 e. The summed E-state index contributed by atoms with van der Waals surface area (Å²) in [5, 5.41) is 30.8. The fourth-order valence-electron chi connectivity index (χ4n) is 7.63. The largest absolute Gasteiger partial charge is 0.390 e. The summed E-state index contributed by atoms with van der Waals surface area (Å²) in [6.07, 6.45) is 19.9. The zero-order valence-electron chi connectivity index (χ0n) is 23.4. The molecule has 3 nitrogen and oxygen atoms in total. The van der Waals surface area contributed by atoms with Crippen molar-refractivity contribution < 1.29 is 15.3 Å². The van der Waals surface area contributed by atoms with Crippen molar-refractivity contribution in [2.24, 2.45) is 23.2 Å². The minimum absolute atomic E-state index is 0. The molecule has 0 aromatic carbocycles. The molecule has 3 N–H and O–H groups in total. The summed E-state index contributed by atoms with van der Waals surface area (Å²) in [5.41, 5.74) is 2.95. The number of aliphatic hydroxyl groups excluding tert-OH is 1. The van der Waals surface area contributed by atoms with Gasteiger partial charge in [0.25, 0.3) is 0 Å². The van der Waals surface area contributed by atoms with Crippen LogP contribution < -0.4 is 0 Å². The van der Waals surface area contributed by atoms with Gasteiger partial charge in [-0.05, 0) is 126 Å². The van der Waals surface area contributed by atoms with E-state index in [1.54, 1.807) is 5.57 Å². The summed E-state index contributed by atoms with van der Waals surface area (Å²) in [6, 6.07) is 0. The van der Waals surface area contributed by atoms with Gasteiger partial charge in [-0.1, -0.05) is 64.3 Å². The van der Waals surface area contributed by atoms with Gasteiger partial charge in [0.05, 0.1) is 17.3 Å². The molecule has 0 aliphatic heterocycles. The summed E-state index contributed by atoms with van der Waals surface area (Å²) in [5.74, 6) is 2.05. The van der Waals surface area contributed by atoms with Gasteiger partial charge in [0.1, 0.15) is 0 Å². The molecular formula is C33H58O3. The highest BCUT2D eigenvalue weighted by Gasteiger charge is 2.51. The van der Waals surface area contributed by atoms with Crippen LogP contribution in [0.5, 0.6) is 0 Å². The third-order valence-electron chi connectivity index (χ3n) is 9.57. The second-order valence-electron chi connectivity index (χ2n) is 13.6. The summed E-state index contributed by atoms with van der Waals surface area (Å²) in [6.45, 7) is 14.4. The topological polar surface area (TPSA) is 60.7 Å². The first-order chi connectivity index (χ1) is 16.3. The van der Waals surface area contributed by atoms with Crippen molar-refractivity contribution in [2.45, 2.75) is 149 Å². The lowest BCUT2D eigenvalue weighted by atomic mass is 9.60. The van der Waals surface area contributed by atoms with E-state index < -0.39 is 11.2 Å². The van der Waals surface area contributed by atoms with Crippen molar-refractivity contribution in [3.63, 3.8) is 0 Å². The first-order valence-corrected chi connectivity index (χ1v) is 14.5. The van der Waals surface area contributed by atoms with Crippen LogP contribution in [-0.2, 0) is 0 Å². The Kier molecular flexibility index (Phi) is 11.1. The first kappa shape index (κ1) is 31.3. The van der Waals surface area contributed by atoms with Crippen LogP contribution in [-0.4, -0.2) is 32.6 Å². The van der Waals surface area contributed by atoms with Crippen LogP contribution in [0, 0.1) is 23.2 Å². The Labute approximate surface area is 223 Å². The quantitative estimate of drug-likeness (QED) is 0.281. The standard InChI is InChI=1S/C32H54O3.CH4/c1-23-24(11-7-15-29(23)33)16-17-26-14-10-22-32(6)27(18-19-28(26)32)25(12-8-20-30(2,3)34)13-9-21-31(4,5)35;/h16-17,25,27-29,33-35H,1,7-15,18-22H2,2-6H3;1H4/b24-16-,26-17+;/t27?,28?,29-,32+;/m0./s1. The lowest BCUT2D eigenvalue weighted by Gasteiger charge is -2.45. The van der Waals surface area contributed by atoms with Crippen molar-refractivity contribution >= 4 is 0 Å². The van der Waals surface area contributed by atoms with Gasteiger partial charge < -0.3 is 15.3 Å². The van der Waals surface area contributed by atoms with Crippen molar-refractivity contribution in [1.29, 1.82) is 0 Å². The molecule has 3 saturated carbocycles. The Hall–Kier alpha value is -0.900. The summed E-state index contributed by atoms with van der Waals surface area (Å²) >= 11 is 0. The highest BCUT2D eigenvalue weighted by Crippen LogP contribution is 2.60. The third-order valence-corrected chi connectivity index (χ3v) is 9.57. The number of aliphatic hydroxyl groups is 3. The predicted molar refractivity (Wildman–Crippen MR) is 154 cm³/mol. The fourth-order valence-corrected chi connectivity index (χ4v) is 7.63. The molecular weight excluding hydrogens is 444 g/mol. The summed E-state index contributed by atoms with van der Waals surface area (Å²) in [7, 11) is 0. The zero-order chi connectivity index (χ0) is 25.9. The first-order valence-electron chi connectivity index (χ1n) is 14.5. The molecule has 3 rings (SSSR count). The van der Waals surface area contributed by atoms with Crippen molar-refractivity contribution in [2.75, 3.05) is 0 Å². The number of hydrogen-bond acceptors (Lipinski definition) is 3. The van der Waals surface area contributed by atoms with Gasteiger partial charge in [-0.15, -0.1) is 0 Å². The molecule has 3 heteroatoms. The maximum atomic E-state index is 10.3. The number of rotatable bonds is 10. The number of fused-ring (bicyclic) bond motifs is 1. The summed E-state index contributed by atoms with van der Waals surface area (Å²) < 4.78 is 0. The molecule has 0 saturated heterocycles. The van der Waals surface area contributed by atoms with E-state index in [0.717, 1.165) is 56.4 Å². The number of hydrogen-bond donors (Lipinski definition) is 3. The van der Waals surface area contributed by atoms with E-state index in [9.17, 15) is 15.3 Å². The average molecular weight is 503 g/mol. The van der Waals surface area contributed by atoms with Crippen molar-refractivity contribution in [1.82, 2.24) is 0 Å². The SMILES string of the molecule is C.C=C1/C(=C\C=C2/CCC[C@@]3(C)C2CCC3C(CCCC(C)(C)O)CCCC(C)(C)O)CCC[C@@H]1O. The molecule has 0 amide bonds. The van der Waals surface area contributed by atoms with Gasteiger partial charge in [0.15, 0.2) is 0 Å². The van der Waals surface area contributed by atoms with E-state index in [-0.39, 0.29) is 13.5 Å². The molecule has 3 aliphatic carbocycles. The molecule has 36 heavy (non-hydrogen) atoms. The molecule has 0 heterocycles. The molecule has 208 valence electrons. The van der Waals surface area contributed by atoms with Crippen LogP contribution in [0.25, 0.3) is 0 Å². The van der Waals surface area contributed by atoms with Crippen LogP contribution in [0.4, 0.5) is 0 Å². The van der Waals surface area contributed by atoms with Gasteiger partial charge in [0.2, 0.25) is 0 Å². The van der Waals surface area contributed by atoms with Gasteiger partial charge in [0, 0.05) is 0 Å². The van der Waals surface area contributed by atoms with Gasteiger partial charge in [-0.2, -0.15) is 0 Å². The molecule has 3 aliphatic rings. The van der Waals surface area contributed by atoms with Crippen LogP contribution in [0.1, 0.15) is 132 Å². The van der Waals surface area contributed by atoms with E-state index in [1.165, 1.54) is 50.5 Å². The molecule has 0 aromatic rings. The highest BCUT2D eigenvalue weighted by atomic mass is 16.3.